The van der Waals surface area contributed by atoms with E-state index in [9.17, 15) is 18.0 Å². The lowest BCUT2D eigenvalue weighted by Gasteiger charge is -2.38. The van der Waals surface area contributed by atoms with Crippen LogP contribution in [0.4, 0.5) is 17.6 Å². The summed E-state index contributed by atoms with van der Waals surface area (Å²) < 4.78 is 63.5. The van der Waals surface area contributed by atoms with Crippen molar-refractivity contribution in [2.24, 2.45) is 5.92 Å². The van der Waals surface area contributed by atoms with E-state index >= 15 is 4.39 Å². The molecule has 0 N–H and O–H groups in total. The summed E-state index contributed by atoms with van der Waals surface area (Å²) in [4.78, 5) is 17.7. The zero-order valence-corrected chi connectivity index (χ0v) is 26.1. The summed E-state index contributed by atoms with van der Waals surface area (Å²) >= 11 is 0. The second kappa shape index (κ2) is 12.1. The number of alkyl halides is 4. The van der Waals surface area contributed by atoms with Crippen LogP contribution in [0.5, 0.6) is 5.75 Å². The van der Waals surface area contributed by atoms with Crippen LogP contribution in [-0.2, 0) is 11.0 Å². The Kier molecular flexibility index (Phi) is 8.92. The van der Waals surface area contributed by atoms with Crippen LogP contribution >= 0.6 is 0 Å². The largest absolute Gasteiger partial charge is 0.497 e. The maximum absolute atomic E-state index is 17.1. The van der Waals surface area contributed by atoms with Crippen molar-refractivity contribution in [1.29, 1.82) is 0 Å². The van der Waals surface area contributed by atoms with Crippen LogP contribution in [0.25, 0.3) is 0 Å². The molecule has 2 heterocycles. The van der Waals surface area contributed by atoms with E-state index in [1.54, 1.807) is 30.2 Å². The monoisotopic (exact) mass is 602 g/mol. The highest BCUT2D eigenvalue weighted by molar-refractivity contribution is 5.87. The zero-order valence-electron chi connectivity index (χ0n) is 26.1. The molecule has 0 spiro atoms. The van der Waals surface area contributed by atoms with Gasteiger partial charge < -0.3 is 9.64 Å². The first-order valence-corrected chi connectivity index (χ1v) is 15.8. The lowest BCUT2D eigenvalue weighted by atomic mass is 9.74. The molecule has 4 nitrogen and oxygen atoms in total. The minimum atomic E-state index is -4.39. The molecule has 5 rings (SSSR count). The molecule has 2 aliphatic heterocycles. The molecule has 0 unspecified atom stereocenters. The number of methoxy groups -OCH3 is 1. The Morgan fingerprint density at radius 1 is 0.884 bits per heavy atom. The Hall–Kier alpha value is -2.61. The lowest BCUT2D eigenvalue weighted by Crippen LogP contribution is -2.53. The number of amides is 1. The van der Waals surface area contributed by atoms with Crippen molar-refractivity contribution >= 4 is 5.91 Å². The minimum Gasteiger partial charge on any atom is -0.497 e. The van der Waals surface area contributed by atoms with Crippen molar-refractivity contribution in [3.8, 4) is 5.75 Å². The third-order valence-electron chi connectivity index (χ3n) is 10.3. The van der Waals surface area contributed by atoms with E-state index in [0.717, 1.165) is 42.4 Å². The van der Waals surface area contributed by atoms with E-state index in [1.807, 2.05) is 37.8 Å². The van der Waals surface area contributed by atoms with Crippen molar-refractivity contribution in [3.63, 3.8) is 0 Å². The molecule has 2 aromatic rings. The van der Waals surface area contributed by atoms with Gasteiger partial charge in [-0.25, -0.2) is 4.39 Å². The Morgan fingerprint density at radius 3 is 2.05 bits per heavy atom. The number of benzene rings is 2. The van der Waals surface area contributed by atoms with Crippen LogP contribution in [0.2, 0.25) is 0 Å². The quantitative estimate of drug-likeness (QED) is 0.323. The highest BCUT2D eigenvalue weighted by atomic mass is 19.4. The molecule has 236 valence electrons. The highest BCUT2D eigenvalue weighted by Crippen LogP contribution is 2.46. The van der Waals surface area contributed by atoms with Crippen molar-refractivity contribution in [2.75, 3.05) is 33.3 Å². The van der Waals surface area contributed by atoms with Gasteiger partial charge in [0, 0.05) is 37.6 Å². The van der Waals surface area contributed by atoms with E-state index in [1.165, 1.54) is 12.1 Å². The molecule has 0 bridgehead atoms. The molecular weight excluding hydrogens is 556 g/mol. The molecule has 3 fully saturated rings. The molecule has 2 aromatic carbocycles. The van der Waals surface area contributed by atoms with Gasteiger partial charge in [0.1, 0.15) is 5.75 Å². The summed E-state index contributed by atoms with van der Waals surface area (Å²) in [5.74, 6) is 0.347. The first-order chi connectivity index (χ1) is 20.2. The third kappa shape index (κ3) is 6.59. The number of ether oxygens (including phenoxy) is 1. The fraction of sp³-hybridized carbons (Fsp3) is 0.629. The SMILES string of the molecule is COc1ccc([C@@H]2CN(C(C)(C)C)C[C@@]2(F)C(=O)N2CCC(c3ccc(C(F)(F)F)cc3C3CCC(C)CC3)CC2)cc1. The molecule has 1 amide bonds. The molecule has 0 aromatic heterocycles. The summed E-state index contributed by atoms with van der Waals surface area (Å²) in [5.41, 5.74) is -0.398. The molecule has 1 saturated carbocycles. The molecule has 1 aliphatic carbocycles. The molecule has 0 radical (unpaired) electrons. The van der Waals surface area contributed by atoms with Gasteiger partial charge in [0.05, 0.1) is 12.7 Å². The standard InChI is InChI=1S/C35H46F4N2O2/c1-23-6-8-24(9-7-23)30-20-27(35(37,38)39)12-15-29(30)25-16-18-40(19-17-25)32(42)34(36)22-41(33(2,3)4)21-31(34)26-10-13-28(43-5)14-11-26/h10-15,20,23-25,31H,6-9,16-19,21-22H2,1-5H3/t23?,24?,31-,34-/m0/s1. The van der Waals surface area contributed by atoms with Gasteiger partial charge in [-0.05, 0) is 105 Å². The Balaban J connectivity index is 1.36. The maximum atomic E-state index is 17.1. The van der Waals surface area contributed by atoms with Crippen molar-refractivity contribution in [1.82, 2.24) is 9.80 Å². The minimum absolute atomic E-state index is 0.0229. The summed E-state index contributed by atoms with van der Waals surface area (Å²) in [6.45, 7) is 9.55. The second-order valence-electron chi connectivity index (χ2n) is 14.1. The van der Waals surface area contributed by atoms with Crippen LogP contribution in [0.3, 0.4) is 0 Å². The van der Waals surface area contributed by atoms with Gasteiger partial charge in [0.25, 0.3) is 5.91 Å². The molecular formula is C35H46F4N2O2. The maximum Gasteiger partial charge on any atom is 0.416 e. The fourth-order valence-electron chi connectivity index (χ4n) is 7.46. The molecule has 8 heteroatoms. The van der Waals surface area contributed by atoms with Crippen LogP contribution in [-0.4, -0.2) is 60.2 Å². The van der Waals surface area contributed by atoms with Gasteiger partial charge in [-0.15, -0.1) is 0 Å². The first kappa shape index (κ1) is 31.8. The molecule has 43 heavy (non-hydrogen) atoms. The number of rotatable bonds is 5. The fourth-order valence-corrected chi connectivity index (χ4v) is 7.46. The number of nitrogens with zero attached hydrogens (tertiary/aromatic N) is 2. The smallest absolute Gasteiger partial charge is 0.416 e. The van der Waals surface area contributed by atoms with Crippen molar-refractivity contribution in [2.45, 2.75) is 101 Å². The van der Waals surface area contributed by atoms with Crippen LogP contribution < -0.4 is 4.74 Å². The summed E-state index contributed by atoms with van der Waals surface area (Å²) in [7, 11) is 1.59. The van der Waals surface area contributed by atoms with Gasteiger partial charge in [0.15, 0.2) is 0 Å². The van der Waals surface area contributed by atoms with E-state index in [2.05, 4.69) is 6.92 Å². The molecule has 2 saturated heterocycles. The van der Waals surface area contributed by atoms with Crippen LogP contribution in [0.1, 0.15) is 106 Å². The van der Waals surface area contributed by atoms with Gasteiger partial charge in [0.2, 0.25) is 5.67 Å². The predicted molar refractivity (Wildman–Crippen MR) is 161 cm³/mol. The topological polar surface area (TPSA) is 32.8 Å². The number of halogens is 4. The number of hydrogen-bond donors (Lipinski definition) is 0. The first-order valence-electron chi connectivity index (χ1n) is 15.8. The Labute approximate surface area is 253 Å². The summed E-state index contributed by atoms with van der Waals surface area (Å²) in [6, 6.07) is 11.6. The zero-order chi connectivity index (χ0) is 31.2. The predicted octanol–water partition coefficient (Wildman–Crippen LogP) is 8.32. The lowest BCUT2D eigenvalue weighted by molar-refractivity contribution is -0.145. The number of hydrogen-bond acceptors (Lipinski definition) is 3. The van der Waals surface area contributed by atoms with Crippen LogP contribution in [0.15, 0.2) is 42.5 Å². The van der Waals surface area contributed by atoms with Gasteiger partial charge in [-0.3, -0.25) is 9.69 Å². The summed E-state index contributed by atoms with van der Waals surface area (Å²) in [6.07, 6.45) is 0.671. The van der Waals surface area contributed by atoms with Crippen molar-refractivity contribution in [3.05, 3.63) is 64.7 Å². The highest BCUT2D eigenvalue weighted by Gasteiger charge is 2.57. The van der Waals surface area contributed by atoms with E-state index in [-0.39, 0.29) is 23.9 Å². The van der Waals surface area contributed by atoms with E-state index in [4.69, 9.17) is 4.74 Å². The third-order valence-corrected chi connectivity index (χ3v) is 10.3. The van der Waals surface area contributed by atoms with Crippen LogP contribution in [0, 0.1) is 5.92 Å². The average molecular weight is 603 g/mol. The number of carbonyl (C=O) groups is 1. The second-order valence-corrected chi connectivity index (χ2v) is 14.1. The normalized spacial score (nSPS) is 27.8. The van der Waals surface area contributed by atoms with E-state index in [0.29, 0.717) is 44.1 Å². The number of likely N-dealkylation sites (tertiary alicyclic amines) is 2. The Morgan fingerprint density at radius 2 is 1.49 bits per heavy atom. The van der Waals surface area contributed by atoms with Gasteiger partial charge in [-0.2, -0.15) is 13.2 Å². The van der Waals surface area contributed by atoms with Gasteiger partial charge in [-0.1, -0.05) is 38.0 Å². The number of carbonyl (C=O) groups excluding carboxylic acids is 1. The number of piperidine rings is 1. The van der Waals surface area contributed by atoms with Gasteiger partial charge >= 0.3 is 6.18 Å². The average Bonchev–Trinajstić information content (AvgIpc) is 3.36. The Bertz CT molecular complexity index is 1270. The molecule has 3 aliphatic rings. The van der Waals surface area contributed by atoms with E-state index < -0.39 is 29.2 Å². The molecule has 2 atom stereocenters. The van der Waals surface area contributed by atoms with Crippen molar-refractivity contribution < 1.29 is 27.1 Å². The summed E-state index contributed by atoms with van der Waals surface area (Å²) in [5, 5.41) is 0.